The minimum atomic E-state index is -0.989. The first-order valence-electron chi connectivity index (χ1n) is 12.4. The van der Waals surface area contributed by atoms with Gasteiger partial charge in [-0.25, -0.2) is 9.78 Å². The largest absolute Gasteiger partial charge is 0.488 e. The number of hydrogen-bond acceptors (Lipinski definition) is 6. The Morgan fingerprint density at radius 2 is 1.73 bits per heavy atom. The Bertz CT molecular complexity index is 2030. The number of aromatic carboxylic acids is 1. The highest BCUT2D eigenvalue weighted by Gasteiger charge is 2.17. The maximum atomic E-state index is 13.6. The lowest BCUT2D eigenvalue weighted by atomic mass is 10.1. The van der Waals surface area contributed by atoms with Crippen molar-refractivity contribution in [2.75, 3.05) is 0 Å². The number of para-hydroxylation sites is 1. The van der Waals surface area contributed by atoms with Crippen LogP contribution in [0.4, 0.5) is 0 Å². The summed E-state index contributed by atoms with van der Waals surface area (Å²) >= 11 is 6.97. The van der Waals surface area contributed by atoms with Gasteiger partial charge in [-0.3, -0.25) is 4.79 Å². The van der Waals surface area contributed by atoms with Gasteiger partial charge in [0.05, 0.1) is 22.7 Å². The second-order valence-corrected chi connectivity index (χ2v) is 10.9. The van der Waals surface area contributed by atoms with Gasteiger partial charge in [-0.05, 0) is 72.3 Å². The molecule has 1 N–H and O–H groups in total. The van der Waals surface area contributed by atoms with Crippen LogP contribution < -0.4 is 10.3 Å². The molecule has 6 aromatic rings. The number of carboxylic acids is 1. The minimum Gasteiger partial charge on any atom is -0.488 e. The maximum Gasteiger partial charge on any atom is 0.335 e. The van der Waals surface area contributed by atoms with Gasteiger partial charge in [0.1, 0.15) is 17.9 Å². The number of carboxylic acid groups (broad SMARTS) is 1. The standard InChI is InChI=1S/C31H19Br2N3O5/c32-22-10-12-27-20(13-22)15-28(41-27)29-35-25-4-2-1-3-24(25)30(37)36(29)34-16-21-14-23(33)9-11-26(21)40-17-18-5-7-19(8-6-18)31(38)39/h1-16H,17H2,(H,38,39). The number of carbonyl (C=O) groups is 1. The molecular weight excluding hydrogens is 654 g/mol. The third kappa shape index (κ3) is 5.57. The zero-order chi connectivity index (χ0) is 28.5. The van der Waals surface area contributed by atoms with Crippen molar-refractivity contribution in [3.8, 4) is 17.3 Å². The van der Waals surface area contributed by atoms with E-state index in [9.17, 15) is 9.59 Å². The van der Waals surface area contributed by atoms with Gasteiger partial charge in [0, 0.05) is 19.9 Å². The molecule has 8 nitrogen and oxygen atoms in total. The first kappa shape index (κ1) is 26.7. The maximum absolute atomic E-state index is 13.6. The van der Waals surface area contributed by atoms with Gasteiger partial charge < -0.3 is 14.3 Å². The Labute approximate surface area is 249 Å². The molecule has 0 radical (unpaired) electrons. The molecule has 2 aromatic heterocycles. The molecule has 0 amide bonds. The van der Waals surface area contributed by atoms with Crippen LogP contribution in [0.2, 0.25) is 0 Å². The fourth-order valence-electron chi connectivity index (χ4n) is 4.29. The molecule has 4 aromatic carbocycles. The Morgan fingerprint density at radius 1 is 0.976 bits per heavy atom. The monoisotopic (exact) mass is 671 g/mol. The van der Waals surface area contributed by atoms with E-state index in [4.69, 9.17) is 19.2 Å². The van der Waals surface area contributed by atoms with Crippen molar-refractivity contribution in [2.45, 2.75) is 6.61 Å². The van der Waals surface area contributed by atoms with E-state index >= 15 is 0 Å². The summed E-state index contributed by atoms with van der Waals surface area (Å²) in [5.74, 6) is 0.190. The van der Waals surface area contributed by atoms with Crippen molar-refractivity contribution < 1.29 is 19.1 Å². The van der Waals surface area contributed by atoms with Crippen molar-refractivity contribution in [3.63, 3.8) is 0 Å². The average Bonchev–Trinajstić information content (AvgIpc) is 3.39. The number of nitrogens with zero attached hydrogens (tertiary/aromatic N) is 3. The van der Waals surface area contributed by atoms with Crippen LogP contribution in [0.3, 0.4) is 0 Å². The highest BCUT2D eigenvalue weighted by molar-refractivity contribution is 9.10. The van der Waals surface area contributed by atoms with E-state index in [1.165, 1.54) is 23.0 Å². The summed E-state index contributed by atoms with van der Waals surface area (Å²) in [6.07, 6.45) is 1.54. The molecule has 6 rings (SSSR count). The molecule has 0 aliphatic heterocycles. The summed E-state index contributed by atoms with van der Waals surface area (Å²) in [6, 6.07) is 26.5. The van der Waals surface area contributed by atoms with Crippen LogP contribution in [0.1, 0.15) is 21.5 Å². The fourth-order valence-corrected chi connectivity index (χ4v) is 5.05. The third-order valence-electron chi connectivity index (χ3n) is 6.33. The van der Waals surface area contributed by atoms with E-state index in [-0.39, 0.29) is 23.6 Å². The van der Waals surface area contributed by atoms with E-state index in [1.807, 2.05) is 42.5 Å². The summed E-state index contributed by atoms with van der Waals surface area (Å²) < 4.78 is 15.0. The van der Waals surface area contributed by atoms with Crippen molar-refractivity contribution in [3.05, 3.63) is 127 Å². The number of furan rings is 1. The molecule has 0 fully saturated rings. The molecular formula is C31H19Br2N3O5. The molecule has 0 saturated heterocycles. The third-order valence-corrected chi connectivity index (χ3v) is 7.32. The Hall–Kier alpha value is -4.54. The lowest BCUT2D eigenvalue weighted by Gasteiger charge is -2.11. The lowest BCUT2D eigenvalue weighted by molar-refractivity contribution is 0.0697. The van der Waals surface area contributed by atoms with Crippen molar-refractivity contribution in [1.29, 1.82) is 0 Å². The van der Waals surface area contributed by atoms with Gasteiger partial charge in [0.25, 0.3) is 5.56 Å². The van der Waals surface area contributed by atoms with Crippen LogP contribution in [0.25, 0.3) is 33.5 Å². The van der Waals surface area contributed by atoms with Crippen LogP contribution in [-0.2, 0) is 6.61 Å². The van der Waals surface area contributed by atoms with Crippen LogP contribution in [0, 0.1) is 0 Å². The zero-order valence-corrected chi connectivity index (χ0v) is 24.3. The Morgan fingerprint density at radius 3 is 2.54 bits per heavy atom. The van der Waals surface area contributed by atoms with E-state index in [0.29, 0.717) is 33.6 Å². The number of fused-ring (bicyclic) bond motifs is 2. The molecule has 0 saturated carbocycles. The van der Waals surface area contributed by atoms with Crippen LogP contribution in [0.5, 0.6) is 5.75 Å². The predicted octanol–water partition coefficient (Wildman–Crippen LogP) is 7.49. The van der Waals surface area contributed by atoms with Gasteiger partial charge in [-0.2, -0.15) is 9.78 Å². The SMILES string of the molecule is O=C(O)c1ccc(COc2ccc(Br)cc2C=Nn2c(-c3cc4cc(Br)ccc4o3)nc3ccccc3c2=O)cc1. The summed E-state index contributed by atoms with van der Waals surface area (Å²) in [5, 5.41) is 15.0. The van der Waals surface area contributed by atoms with E-state index < -0.39 is 5.97 Å². The van der Waals surface area contributed by atoms with Gasteiger partial charge >= 0.3 is 5.97 Å². The molecule has 41 heavy (non-hydrogen) atoms. The topological polar surface area (TPSA) is 107 Å². The number of rotatable bonds is 7. The Balaban J connectivity index is 1.40. The van der Waals surface area contributed by atoms with Gasteiger partial charge in [-0.1, -0.05) is 56.1 Å². The summed E-state index contributed by atoms with van der Waals surface area (Å²) in [7, 11) is 0. The molecule has 202 valence electrons. The minimum absolute atomic E-state index is 0.201. The number of benzene rings is 4. The smallest absolute Gasteiger partial charge is 0.335 e. The number of hydrogen-bond donors (Lipinski definition) is 1. The van der Waals surface area contributed by atoms with Crippen LogP contribution in [-0.4, -0.2) is 27.0 Å². The number of aromatic nitrogens is 2. The van der Waals surface area contributed by atoms with Gasteiger partial charge in [0.2, 0.25) is 5.82 Å². The molecule has 0 aliphatic rings. The fraction of sp³-hybridized carbons (Fsp3) is 0.0323. The first-order valence-corrected chi connectivity index (χ1v) is 13.9. The zero-order valence-electron chi connectivity index (χ0n) is 21.1. The average molecular weight is 673 g/mol. The molecule has 0 atom stereocenters. The number of halogens is 2. The van der Waals surface area contributed by atoms with Gasteiger partial charge in [0.15, 0.2) is 5.76 Å². The van der Waals surface area contributed by atoms with Gasteiger partial charge in [-0.15, -0.1) is 0 Å². The quantitative estimate of drug-likeness (QED) is 0.176. The highest BCUT2D eigenvalue weighted by Crippen LogP contribution is 2.29. The molecule has 0 spiro atoms. The molecule has 0 unspecified atom stereocenters. The Kier molecular flexibility index (Phi) is 7.25. The molecule has 0 bridgehead atoms. The van der Waals surface area contributed by atoms with Crippen LogP contribution in [0.15, 0.2) is 114 Å². The normalized spacial score (nSPS) is 11.5. The van der Waals surface area contributed by atoms with E-state index in [0.717, 1.165) is 19.9 Å². The van der Waals surface area contributed by atoms with Crippen molar-refractivity contribution >= 4 is 65.9 Å². The summed E-state index contributed by atoms with van der Waals surface area (Å²) in [4.78, 5) is 29.5. The highest BCUT2D eigenvalue weighted by atomic mass is 79.9. The van der Waals surface area contributed by atoms with Crippen LogP contribution >= 0.6 is 31.9 Å². The second kappa shape index (κ2) is 11.1. The van der Waals surface area contributed by atoms with E-state index in [1.54, 1.807) is 36.4 Å². The molecule has 0 aliphatic carbocycles. The number of ether oxygens (including phenoxy) is 1. The summed E-state index contributed by atoms with van der Waals surface area (Å²) in [6.45, 7) is 0.208. The van der Waals surface area contributed by atoms with E-state index in [2.05, 4.69) is 37.0 Å². The van der Waals surface area contributed by atoms with Crippen molar-refractivity contribution in [1.82, 2.24) is 9.66 Å². The predicted molar refractivity (Wildman–Crippen MR) is 164 cm³/mol. The second-order valence-electron chi connectivity index (χ2n) is 9.08. The first-order chi connectivity index (χ1) is 19.9. The lowest BCUT2D eigenvalue weighted by Crippen LogP contribution is -2.20. The molecule has 2 heterocycles. The summed E-state index contributed by atoms with van der Waals surface area (Å²) in [5.41, 5.74) is 2.45. The van der Waals surface area contributed by atoms with Crippen molar-refractivity contribution in [2.24, 2.45) is 5.10 Å². The molecule has 10 heteroatoms.